The van der Waals surface area contributed by atoms with Gasteiger partial charge in [0.2, 0.25) is 0 Å². The molecule has 0 spiro atoms. The van der Waals surface area contributed by atoms with Gasteiger partial charge in [0.15, 0.2) is 0 Å². The van der Waals surface area contributed by atoms with E-state index in [1.807, 2.05) is 0 Å². The molecule has 1 unspecified atom stereocenters. The largest absolute Gasteiger partial charge is 0.573 e. The van der Waals surface area contributed by atoms with Gasteiger partial charge in [0.05, 0.1) is 30.2 Å². The van der Waals surface area contributed by atoms with Crippen molar-refractivity contribution >= 4 is 19.6 Å². The zero-order chi connectivity index (χ0) is 19.8. The van der Waals surface area contributed by atoms with E-state index in [1.54, 1.807) is 13.8 Å². The lowest BCUT2D eigenvalue weighted by Crippen LogP contribution is -2.33. The van der Waals surface area contributed by atoms with E-state index in [1.165, 1.54) is 12.1 Å². The molecule has 0 aliphatic heterocycles. The first-order chi connectivity index (χ1) is 12.2. The van der Waals surface area contributed by atoms with Crippen molar-refractivity contribution in [1.29, 1.82) is 0 Å². The average Bonchev–Trinajstić information content (AvgIpc) is 2.55. The molecular formula is C16H23ClF3NO4P+. The summed E-state index contributed by atoms with van der Waals surface area (Å²) < 4.78 is 60.8. The number of hydrogen-bond donors (Lipinski definition) is 2. The minimum atomic E-state index is -4.51. The van der Waals surface area contributed by atoms with E-state index in [9.17, 15) is 22.6 Å². The molecule has 1 rings (SSSR count). The van der Waals surface area contributed by atoms with Crippen LogP contribution in [0.25, 0.3) is 0 Å². The van der Waals surface area contributed by atoms with Crippen molar-refractivity contribution in [3.05, 3.63) is 34.3 Å². The van der Waals surface area contributed by atoms with Gasteiger partial charge >= 0.3 is 19.7 Å². The molecule has 5 nitrogen and oxygen atoms in total. The average molecular weight is 417 g/mol. The molecule has 0 heterocycles. The lowest BCUT2D eigenvalue weighted by Gasteiger charge is -2.20. The minimum Gasteiger partial charge on any atom is -0.313 e. The number of hydrogen-bond acceptors (Lipinski definition) is 4. The summed E-state index contributed by atoms with van der Waals surface area (Å²) in [5.41, 5.74) is -1.98. The number of benzene rings is 1. The fourth-order valence-electron chi connectivity index (χ4n) is 2.41. The van der Waals surface area contributed by atoms with E-state index >= 15 is 0 Å². The van der Waals surface area contributed by atoms with Gasteiger partial charge in [-0.15, -0.1) is 0 Å². The van der Waals surface area contributed by atoms with Crippen LogP contribution >= 0.6 is 19.6 Å². The molecule has 10 heteroatoms. The summed E-state index contributed by atoms with van der Waals surface area (Å²) in [6.45, 7) is 4.46. The normalized spacial score (nSPS) is 13.1. The maximum atomic E-state index is 12.8. The van der Waals surface area contributed by atoms with Crippen LogP contribution in [0, 0.1) is 0 Å². The number of halogens is 4. The standard InChI is InChI=1S/C16H22ClF3NO4P/c1-3-24-15(25-4-2,26(22)23)8-5-9-21-11-12-6-7-14(17)13(10-12)16(18,19)20/h6-7,10,21H,3-5,8-9,11H2,1-2H3/p+1. The topological polar surface area (TPSA) is 67.8 Å². The van der Waals surface area contributed by atoms with Crippen molar-refractivity contribution in [2.24, 2.45) is 0 Å². The second-order valence-corrected chi connectivity index (χ2v) is 7.08. The first-order valence-corrected chi connectivity index (χ1v) is 9.75. The highest BCUT2D eigenvalue weighted by Gasteiger charge is 2.51. The summed E-state index contributed by atoms with van der Waals surface area (Å²) in [6, 6.07) is 3.73. The molecule has 0 aliphatic rings. The third kappa shape index (κ3) is 6.76. The number of alkyl halides is 3. The summed E-state index contributed by atoms with van der Waals surface area (Å²) >= 11 is 5.58. The predicted molar refractivity (Wildman–Crippen MR) is 93.2 cm³/mol. The van der Waals surface area contributed by atoms with Crippen molar-refractivity contribution in [3.63, 3.8) is 0 Å². The van der Waals surface area contributed by atoms with Crippen molar-refractivity contribution < 1.29 is 32.1 Å². The highest BCUT2D eigenvalue weighted by atomic mass is 35.5. The molecule has 0 bridgehead atoms. The Labute approximate surface area is 156 Å². The number of nitrogens with one attached hydrogen (secondary N) is 1. The van der Waals surface area contributed by atoms with Gasteiger partial charge in [-0.2, -0.15) is 18.1 Å². The van der Waals surface area contributed by atoms with Crippen LogP contribution in [0.2, 0.25) is 5.02 Å². The monoisotopic (exact) mass is 416 g/mol. The Kier molecular flexibility index (Phi) is 9.44. The zero-order valence-corrected chi connectivity index (χ0v) is 16.3. The van der Waals surface area contributed by atoms with E-state index in [4.69, 9.17) is 21.1 Å². The Bertz CT molecular complexity index is 595. The van der Waals surface area contributed by atoms with Gasteiger partial charge in [-0.3, -0.25) is 0 Å². The Balaban J connectivity index is 2.57. The molecule has 0 saturated carbocycles. The summed E-state index contributed by atoms with van der Waals surface area (Å²) in [4.78, 5) is 9.51. The highest BCUT2D eigenvalue weighted by Crippen LogP contribution is 2.41. The quantitative estimate of drug-likeness (QED) is 0.311. The molecule has 0 amide bonds. The molecule has 0 aliphatic carbocycles. The molecule has 26 heavy (non-hydrogen) atoms. The second-order valence-electron chi connectivity index (χ2n) is 5.44. The predicted octanol–water partition coefficient (Wildman–Crippen LogP) is 4.69. The Morgan fingerprint density at radius 3 is 2.35 bits per heavy atom. The third-order valence-electron chi connectivity index (χ3n) is 3.54. The highest BCUT2D eigenvalue weighted by molar-refractivity contribution is 7.39. The smallest absolute Gasteiger partial charge is 0.313 e. The van der Waals surface area contributed by atoms with Crippen LogP contribution in [0.5, 0.6) is 0 Å². The molecule has 1 aromatic rings. The van der Waals surface area contributed by atoms with E-state index in [2.05, 4.69) is 5.32 Å². The first kappa shape index (κ1) is 23.3. The van der Waals surface area contributed by atoms with Crippen molar-refractivity contribution in [1.82, 2.24) is 5.32 Å². The molecular weight excluding hydrogens is 394 g/mol. The lowest BCUT2D eigenvalue weighted by molar-refractivity contribution is -0.180. The molecule has 1 atom stereocenters. The summed E-state index contributed by atoms with van der Waals surface area (Å²) in [5.74, 6) is 0. The molecule has 0 aromatic heterocycles. The van der Waals surface area contributed by atoms with Gasteiger partial charge in [0.1, 0.15) is 0 Å². The van der Waals surface area contributed by atoms with Crippen LogP contribution in [-0.2, 0) is 26.8 Å². The molecule has 0 saturated heterocycles. The third-order valence-corrected chi connectivity index (χ3v) is 4.94. The summed E-state index contributed by atoms with van der Waals surface area (Å²) in [6.07, 6.45) is -3.88. The van der Waals surface area contributed by atoms with Crippen molar-refractivity contribution in [2.45, 2.75) is 44.9 Å². The van der Waals surface area contributed by atoms with E-state index in [0.29, 0.717) is 18.5 Å². The molecule has 2 N–H and O–H groups in total. The van der Waals surface area contributed by atoms with Crippen LogP contribution in [0.4, 0.5) is 13.2 Å². The fraction of sp³-hybridized carbons (Fsp3) is 0.625. The van der Waals surface area contributed by atoms with Gasteiger partial charge in [-0.1, -0.05) is 17.7 Å². The van der Waals surface area contributed by atoms with Crippen LogP contribution in [0.3, 0.4) is 0 Å². The number of ether oxygens (including phenoxy) is 2. The van der Waals surface area contributed by atoms with E-state index < -0.39 is 25.3 Å². The van der Waals surface area contributed by atoms with Crippen molar-refractivity contribution in [2.75, 3.05) is 19.8 Å². The van der Waals surface area contributed by atoms with Crippen molar-refractivity contribution in [3.8, 4) is 0 Å². The van der Waals surface area contributed by atoms with E-state index in [-0.39, 0.29) is 31.2 Å². The Morgan fingerprint density at radius 2 is 1.85 bits per heavy atom. The zero-order valence-electron chi connectivity index (χ0n) is 14.6. The molecule has 1 aromatic carbocycles. The van der Waals surface area contributed by atoms with Gasteiger partial charge < -0.3 is 14.8 Å². The Hall–Kier alpha value is -0.760. The van der Waals surface area contributed by atoms with Crippen LogP contribution in [-0.4, -0.2) is 30.2 Å². The maximum absolute atomic E-state index is 12.8. The lowest BCUT2D eigenvalue weighted by atomic mass is 10.1. The first-order valence-electron chi connectivity index (χ1n) is 8.16. The van der Waals surface area contributed by atoms with E-state index in [0.717, 1.165) is 6.07 Å². The van der Waals surface area contributed by atoms with Crippen LogP contribution in [0.1, 0.15) is 37.8 Å². The number of rotatable bonds is 11. The van der Waals surface area contributed by atoms with Gasteiger partial charge in [-0.05, 0) is 49.1 Å². The molecule has 148 valence electrons. The van der Waals surface area contributed by atoms with Crippen LogP contribution in [0.15, 0.2) is 18.2 Å². The maximum Gasteiger partial charge on any atom is 0.573 e. The summed E-state index contributed by atoms with van der Waals surface area (Å²) in [5, 5.41) is 2.66. The minimum absolute atomic E-state index is 0.182. The van der Waals surface area contributed by atoms with Gasteiger partial charge in [0, 0.05) is 6.54 Å². The Morgan fingerprint density at radius 1 is 1.23 bits per heavy atom. The molecule has 0 radical (unpaired) electrons. The van der Waals surface area contributed by atoms with Gasteiger partial charge in [-0.25, -0.2) is 0 Å². The SMILES string of the molecule is CCOC(CCCNCc1ccc(Cl)c(C(F)(F)F)c1)(OCC)[P+](=O)O. The fourth-order valence-corrected chi connectivity index (χ4v) is 3.47. The van der Waals surface area contributed by atoms with Crippen LogP contribution < -0.4 is 5.32 Å². The van der Waals surface area contributed by atoms with Gasteiger partial charge in [0.25, 0.3) is 0 Å². The second kappa shape index (κ2) is 10.5. The molecule has 0 fully saturated rings. The summed E-state index contributed by atoms with van der Waals surface area (Å²) in [7, 11) is -2.71.